The van der Waals surface area contributed by atoms with E-state index in [4.69, 9.17) is 4.98 Å². The summed E-state index contributed by atoms with van der Waals surface area (Å²) in [6, 6.07) is 3.23. The second-order valence-electron chi connectivity index (χ2n) is 7.32. The smallest absolute Gasteiger partial charge is 0.256 e. The van der Waals surface area contributed by atoms with Crippen LogP contribution >= 0.6 is 0 Å². The third-order valence-electron chi connectivity index (χ3n) is 5.52. The summed E-state index contributed by atoms with van der Waals surface area (Å²) in [5.74, 6) is 0.396. The number of likely N-dealkylation sites (tertiary alicyclic amines) is 1. The zero-order chi connectivity index (χ0) is 19.7. The Bertz CT molecular complexity index is 956. The molecule has 0 aliphatic carbocycles. The Balaban J connectivity index is 1.66. The lowest BCUT2D eigenvalue weighted by molar-refractivity contribution is -0.129. The van der Waals surface area contributed by atoms with Crippen molar-refractivity contribution in [3.05, 3.63) is 57.5 Å². The van der Waals surface area contributed by atoms with E-state index < -0.39 is 0 Å². The molecule has 1 saturated heterocycles. The first-order valence-corrected chi connectivity index (χ1v) is 9.63. The summed E-state index contributed by atoms with van der Waals surface area (Å²) in [5.41, 5.74) is 1.60. The van der Waals surface area contributed by atoms with Gasteiger partial charge in [0, 0.05) is 38.8 Å². The van der Waals surface area contributed by atoms with Gasteiger partial charge in [-0.1, -0.05) is 0 Å². The zero-order valence-electron chi connectivity index (χ0n) is 15.9. The van der Waals surface area contributed by atoms with Crippen LogP contribution in [0.2, 0.25) is 0 Å². The molecule has 28 heavy (non-hydrogen) atoms. The molecule has 0 spiro atoms. The molecular formula is C20H23N5O3. The second kappa shape index (κ2) is 7.53. The van der Waals surface area contributed by atoms with E-state index in [1.165, 1.54) is 6.92 Å². The number of hydrogen-bond acceptors (Lipinski definition) is 5. The lowest BCUT2D eigenvalue weighted by atomic mass is 9.99. The lowest BCUT2D eigenvalue weighted by Gasteiger charge is -2.35. The summed E-state index contributed by atoms with van der Waals surface area (Å²) in [6.07, 6.45) is 6.40. The number of carbonyl (C=O) groups excluding carboxylic acids is 2. The molecule has 2 aliphatic heterocycles. The Labute approximate surface area is 162 Å². The Morgan fingerprint density at radius 3 is 2.86 bits per heavy atom. The van der Waals surface area contributed by atoms with E-state index in [1.807, 2.05) is 0 Å². The lowest BCUT2D eigenvalue weighted by Crippen LogP contribution is -2.42. The van der Waals surface area contributed by atoms with Gasteiger partial charge in [-0.2, -0.15) is 0 Å². The quantitative estimate of drug-likeness (QED) is 0.849. The fourth-order valence-corrected chi connectivity index (χ4v) is 3.98. The minimum absolute atomic E-state index is 0.0466. The maximum Gasteiger partial charge on any atom is 0.256 e. The molecular weight excluding hydrogens is 358 g/mol. The second-order valence-corrected chi connectivity index (χ2v) is 7.32. The molecule has 0 aromatic carbocycles. The van der Waals surface area contributed by atoms with Crippen molar-refractivity contribution in [1.82, 2.24) is 24.8 Å². The predicted molar refractivity (Wildman–Crippen MR) is 102 cm³/mol. The number of carbonyl (C=O) groups is 2. The average Bonchev–Trinajstić information content (AvgIpc) is 2.73. The largest absolute Gasteiger partial charge is 0.338 e. The van der Waals surface area contributed by atoms with E-state index in [0.717, 1.165) is 25.0 Å². The Morgan fingerprint density at radius 2 is 2.11 bits per heavy atom. The minimum Gasteiger partial charge on any atom is -0.338 e. The summed E-state index contributed by atoms with van der Waals surface area (Å²) in [5, 5.41) is 0. The number of nitrogens with one attached hydrogen (secondary N) is 1. The van der Waals surface area contributed by atoms with Crippen molar-refractivity contribution >= 4 is 11.8 Å². The summed E-state index contributed by atoms with van der Waals surface area (Å²) < 4.78 is 0. The molecule has 2 aliphatic rings. The first-order valence-electron chi connectivity index (χ1n) is 9.63. The van der Waals surface area contributed by atoms with Gasteiger partial charge in [0.1, 0.15) is 5.82 Å². The molecule has 0 bridgehead atoms. The number of fused-ring (bicyclic) bond motifs is 1. The van der Waals surface area contributed by atoms with Crippen LogP contribution in [0.15, 0.2) is 29.3 Å². The molecule has 1 unspecified atom stereocenters. The van der Waals surface area contributed by atoms with Crippen molar-refractivity contribution in [3.8, 4) is 0 Å². The van der Waals surface area contributed by atoms with Gasteiger partial charge in [-0.05, 0) is 31.4 Å². The maximum atomic E-state index is 13.0. The molecule has 2 aromatic heterocycles. The van der Waals surface area contributed by atoms with Gasteiger partial charge >= 0.3 is 0 Å². The number of rotatable bonds is 2. The number of aromatic amines is 1. The molecule has 0 saturated carbocycles. The summed E-state index contributed by atoms with van der Waals surface area (Å²) in [7, 11) is 0. The van der Waals surface area contributed by atoms with Gasteiger partial charge in [0.05, 0.1) is 29.4 Å². The van der Waals surface area contributed by atoms with Gasteiger partial charge in [-0.15, -0.1) is 0 Å². The van der Waals surface area contributed by atoms with Crippen LogP contribution in [0.25, 0.3) is 0 Å². The summed E-state index contributed by atoms with van der Waals surface area (Å²) in [6.45, 7) is 2.97. The average molecular weight is 381 g/mol. The highest BCUT2D eigenvalue weighted by atomic mass is 16.2. The van der Waals surface area contributed by atoms with E-state index in [1.54, 1.807) is 34.3 Å². The van der Waals surface area contributed by atoms with Crippen LogP contribution < -0.4 is 5.56 Å². The fourth-order valence-electron chi connectivity index (χ4n) is 3.98. The summed E-state index contributed by atoms with van der Waals surface area (Å²) in [4.78, 5) is 52.4. The number of pyridine rings is 1. The van der Waals surface area contributed by atoms with Crippen LogP contribution in [0.3, 0.4) is 0 Å². The number of aromatic nitrogens is 3. The van der Waals surface area contributed by atoms with Crippen LogP contribution in [-0.4, -0.2) is 49.7 Å². The minimum atomic E-state index is -0.259. The molecule has 8 heteroatoms. The molecule has 4 heterocycles. The van der Waals surface area contributed by atoms with Crippen molar-refractivity contribution < 1.29 is 9.59 Å². The molecule has 2 amide bonds. The van der Waals surface area contributed by atoms with Crippen molar-refractivity contribution in [1.29, 1.82) is 0 Å². The molecule has 8 nitrogen and oxygen atoms in total. The van der Waals surface area contributed by atoms with E-state index in [9.17, 15) is 14.4 Å². The number of H-pyrrole nitrogens is 1. The van der Waals surface area contributed by atoms with Gasteiger partial charge in [-0.25, -0.2) is 4.98 Å². The number of amides is 2. The predicted octanol–water partition coefficient (Wildman–Crippen LogP) is 1.44. The molecule has 4 rings (SSSR count). The van der Waals surface area contributed by atoms with Crippen LogP contribution in [0.5, 0.6) is 0 Å². The fraction of sp³-hybridized carbons (Fsp3) is 0.450. The van der Waals surface area contributed by atoms with Crippen LogP contribution in [0.4, 0.5) is 0 Å². The van der Waals surface area contributed by atoms with Gasteiger partial charge in [0.25, 0.3) is 11.5 Å². The van der Waals surface area contributed by atoms with Gasteiger partial charge in [-0.3, -0.25) is 19.4 Å². The first kappa shape index (κ1) is 18.3. The van der Waals surface area contributed by atoms with Crippen molar-refractivity contribution in [3.63, 3.8) is 0 Å². The monoisotopic (exact) mass is 381 g/mol. The van der Waals surface area contributed by atoms with Crippen molar-refractivity contribution in [2.75, 3.05) is 13.1 Å². The SMILES string of the molecule is CC(=O)N1CCc2nc(C3CCCCN3C(=O)c3cccnc3)[nH]c(=O)c2C1. The van der Waals surface area contributed by atoms with Crippen LogP contribution in [-0.2, 0) is 17.8 Å². The van der Waals surface area contributed by atoms with Crippen LogP contribution in [0.1, 0.15) is 59.7 Å². The normalized spacial score (nSPS) is 19.2. The highest BCUT2D eigenvalue weighted by Crippen LogP contribution is 2.30. The topological polar surface area (TPSA) is 99.3 Å². The molecule has 1 N–H and O–H groups in total. The van der Waals surface area contributed by atoms with Gasteiger partial charge < -0.3 is 14.8 Å². The van der Waals surface area contributed by atoms with Crippen molar-refractivity contribution in [2.24, 2.45) is 0 Å². The Morgan fingerprint density at radius 1 is 1.25 bits per heavy atom. The van der Waals surface area contributed by atoms with Crippen LogP contribution in [0, 0.1) is 0 Å². The molecule has 146 valence electrons. The number of hydrogen-bond donors (Lipinski definition) is 1. The third-order valence-corrected chi connectivity index (χ3v) is 5.52. The van der Waals surface area contributed by atoms with E-state index in [0.29, 0.717) is 36.5 Å². The van der Waals surface area contributed by atoms with E-state index in [2.05, 4.69) is 9.97 Å². The zero-order valence-corrected chi connectivity index (χ0v) is 15.9. The molecule has 0 radical (unpaired) electrons. The first-order chi connectivity index (χ1) is 13.5. The number of nitrogens with zero attached hydrogens (tertiary/aromatic N) is 4. The van der Waals surface area contributed by atoms with Gasteiger partial charge in [0.2, 0.25) is 5.91 Å². The standard InChI is InChI=1S/C20H23N5O3/c1-13(26)24-10-7-16-15(12-24)19(27)23-18(22-16)17-6-2-3-9-25(17)20(28)14-5-4-8-21-11-14/h4-5,8,11,17H,2-3,6-7,9-10,12H2,1H3,(H,22,23,27). The Hall–Kier alpha value is -3.03. The number of piperidine rings is 1. The summed E-state index contributed by atoms with van der Waals surface area (Å²) >= 11 is 0. The highest BCUT2D eigenvalue weighted by Gasteiger charge is 2.32. The van der Waals surface area contributed by atoms with Crippen molar-refractivity contribution in [2.45, 2.75) is 45.2 Å². The maximum absolute atomic E-state index is 13.0. The highest BCUT2D eigenvalue weighted by molar-refractivity contribution is 5.94. The van der Waals surface area contributed by atoms with E-state index in [-0.39, 0.29) is 30.0 Å². The third kappa shape index (κ3) is 3.42. The molecule has 2 aromatic rings. The van der Waals surface area contributed by atoms with E-state index >= 15 is 0 Å². The molecule has 1 atom stereocenters. The molecule has 1 fully saturated rings. The van der Waals surface area contributed by atoms with Gasteiger partial charge in [0.15, 0.2) is 0 Å². The Kier molecular flexibility index (Phi) is 4.93.